The van der Waals surface area contributed by atoms with Gasteiger partial charge in [-0.2, -0.15) is 0 Å². The zero-order chi connectivity index (χ0) is 11.1. The quantitative estimate of drug-likeness (QED) is 0.796. The van der Waals surface area contributed by atoms with Gasteiger partial charge in [0.1, 0.15) is 5.82 Å². The van der Waals surface area contributed by atoms with E-state index in [1.807, 2.05) is 0 Å². The average molecular weight is 220 g/mol. The van der Waals surface area contributed by atoms with Crippen molar-refractivity contribution in [1.82, 2.24) is 20.5 Å². The Morgan fingerprint density at radius 3 is 2.44 bits per heavy atom. The van der Waals surface area contributed by atoms with E-state index in [1.54, 1.807) is 6.92 Å². The first-order valence-electron chi connectivity index (χ1n) is 5.94. The molecule has 0 saturated heterocycles. The lowest BCUT2D eigenvalue weighted by Crippen LogP contribution is -2.38. The normalized spacial score (nSPS) is 20.1. The smallest absolute Gasteiger partial charge is 0.291 e. The van der Waals surface area contributed by atoms with Crippen LogP contribution in [-0.4, -0.2) is 27.1 Å². The van der Waals surface area contributed by atoms with Crippen LogP contribution >= 0.6 is 0 Å². The molecule has 2 fully saturated rings. The largest absolute Gasteiger partial charge is 0.346 e. The molecule has 5 nitrogen and oxygen atoms in total. The van der Waals surface area contributed by atoms with Gasteiger partial charge in [-0.25, -0.2) is 4.98 Å². The number of aromatic nitrogens is 3. The monoisotopic (exact) mass is 220 g/mol. The molecule has 0 spiro atoms. The van der Waals surface area contributed by atoms with Crippen molar-refractivity contribution in [2.75, 3.05) is 0 Å². The first-order valence-corrected chi connectivity index (χ1v) is 5.94. The molecule has 5 heteroatoms. The van der Waals surface area contributed by atoms with Gasteiger partial charge in [0.15, 0.2) is 0 Å². The fourth-order valence-corrected chi connectivity index (χ4v) is 2.19. The summed E-state index contributed by atoms with van der Waals surface area (Å²) in [4.78, 5) is 15.9. The van der Waals surface area contributed by atoms with Crippen molar-refractivity contribution in [3.63, 3.8) is 0 Å². The molecular formula is C11H16N4O. The van der Waals surface area contributed by atoms with Gasteiger partial charge < -0.3 is 5.32 Å². The van der Waals surface area contributed by atoms with Crippen LogP contribution in [0.2, 0.25) is 0 Å². The molecule has 0 aliphatic heterocycles. The molecule has 0 bridgehead atoms. The second-order valence-electron chi connectivity index (χ2n) is 4.92. The Morgan fingerprint density at radius 2 is 2.00 bits per heavy atom. The van der Waals surface area contributed by atoms with Crippen LogP contribution in [0.25, 0.3) is 0 Å². The highest BCUT2D eigenvalue weighted by Crippen LogP contribution is 2.44. The van der Waals surface area contributed by atoms with Gasteiger partial charge in [0, 0.05) is 6.04 Å². The molecule has 0 radical (unpaired) electrons. The number of nitrogens with one attached hydrogen (secondary N) is 2. The van der Waals surface area contributed by atoms with Crippen LogP contribution in [-0.2, 0) is 0 Å². The van der Waals surface area contributed by atoms with Gasteiger partial charge in [0.2, 0.25) is 5.82 Å². The number of hydrogen-bond donors (Lipinski definition) is 2. The summed E-state index contributed by atoms with van der Waals surface area (Å²) in [5, 5.41) is 9.66. The Morgan fingerprint density at radius 1 is 1.38 bits per heavy atom. The second kappa shape index (κ2) is 3.57. The van der Waals surface area contributed by atoms with Gasteiger partial charge in [-0.1, -0.05) is 0 Å². The molecule has 1 aromatic rings. The summed E-state index contributed by atoms with van der Waals surface area (Å²) in [5.74, 6) is 2.23. The molecule has 1 heterocycles. The van der Waals surface area contributed by atoms with E-state index >= 15 is 0 Å². The summed E-state index contributed by atoms with van der Waals surface area (Å²) in [5.41, 5.74) is 0. The minimum atomic E-state index is -0.131. The molecule has 3 rings (SSSR count). The topological polar surface area (TPSA) is 70.7 Å². The SMILES string of the molecule is Cc1nc(C(=O)NC(C2CC2)C2CC2)n[nH]1. The number of amides is 1. The lowest BCUT2D eigenvalue weighted by molar-refractivity contribution is 0.0916. The first kappa shape index (κ1) is 9.81. The molecule has 2 N–H and O–H groups in total. The van der Waals surface area contributed by atoms with E-state index in [0.717, 1.165) is 0 Å². The maximum Gasteiger partial charge on any atom is 0.291 e. The number of carbonyl (C=O) groups is 1. The molecule has 0 aromatic carbocycles. The van der Waals surface area contributed by atoms with Crippen LogP contribution in [0, 0.1) is 18.8 Å². The molecule has 86 valence electrons. The minimum Gasteiger partial charge on any atom is -0.346 e. The standard InChI is InChI=1S/C11H16N4O/c1-6-12-10(15-14-6)11(16)13-9(7-2-3-7)8-4-5-8/h7-9H,2-5H2,1H3,(H,13,16)(H,12,14,15). The minimum absolute atomic E-state index is 0.131. The van der Waals surface area contributed by atoms with Crippen LogP contribution in [0.1, 0.15) is 42.1 Å². The van der Waals surface area contributed by atoms with Crippen molar-refractivity contribution in [2.24, 2.45) is 11.8 Å². The third-order valence-corrected chi connectivity index (χ3v) is 3.36. The third-order valence-electron chi connectivity index (χ3n) is 3.36. The number of carbonyl (C=O) groups excluding carboxylic acids is 1. The molecule has 0 unspecified atom stereocenters. The summed E-state index contributed by atoms with van der Waals surface area (Å²) in [7, 11) is 0. The summed E-state index contributed by atoms with van der Waals surface area (Å²) < 4.78 is 0. The summed E-state index contributed by atoms with van der Waals surface area (Å²) in [6.45, 7) is 1.79. The van der Waals surface area contributed by atoms with Crippen LogP contribution in [0.15, 0.2) is 0 Å². The molecule has 2 aliphatic carbocycles. The number of aryl methyl sites for hydroxylation is 1. The number of aromatic amines is 1. The maximum absolute atomic E-state index is 11.9. The van der Waals surface area contributed by atoms with E-state index in [0.29, 0.717) is 23.7 Å². The highest BCUT2D eigenvalue weighted by molar-refractivity contribution is 5.90. The van der Waals surface area contributed by atoms with Crippen molar-refractivity contribution < 1.29 is 4.79 Å². The molecule has 2 aliphatic rings. The van der Waals surface area contributed by atoms with Gasteiger partial charge >= 0.3 is 0 Å². The first-order chi connectivity index (χ1) is 7.74. The predicted molar refractivity (Wildman–Crippen MR) is 57.8 cm³/mol. The van der Waals surface area contributed by atoms with E-state index < -0.39 is 0 Å². The van der Waals surface area contributed by atoms with Crippen LogP contribution in [0.3, 0.4) is 0 Å². The molecule has 16 heavy (non-hydrogen) atoms. The van der Waals surface area contributed by atoms with Crippen LogP contribution in [0.4, 0.5) is 0 Å². The summed E-state index contributed by atoms with van der Waals surface area (Å²) in [6.07, 6.45) is 5.03. The van der Waals surface area contributed by atoms with Crippen molar-refractivity contribution in [2.45, 2.75) is 38.6 Å². The number of rotatable bonds is 4. The molecule has 1 amide bonds. The Kier molecular flexibility index (Phi) is 2.19. The van der Waals surface area contributed by atoms with Gasteiger partial charge in [0.25, 0.3) is 5.91 Å². The lowest BCUT2D eigenvalue weighted by atomic mass is 10.1. The van der Waals surface area contributed by atoms with Crippen molar-refractivity contribution in [1.29, 1.82) is 0 Å². The number of H-pyrrole nitrogens is 1. The molecule has 2 saturated carbocycles. The van der Waals surface area contributed by atoms with Crippen LogP contribution in [0.5, 0.6) is 0 Å². The Bertz CT molecular complexity index is 394. The highest BCUT2D eigenvalue weighted by atomic mass is 16.2. The van der Waals surface area contributed by atoms with Gasteiger partial charge in [0.05, 0.1) is 0 Å². The van der Waals surface area contributed by atoms with E-state index in [4.69, 9.17) is 0 Å². The predicted octanol–water partition coefficient (Wildman–Crippen LogP) is 1.03. The van der Waals surface area contributed by atoms with Crippen LogP contribution < -0.4 is 5.32 Å². The molecule has 1 aromatic heterocycles. The van der Waals surface area contributed by atoms with Gasteiger partial charge in [-0.05, 0) is 44.4 Å². The van der Waals surface area contributed by atoms with E-state index in [1.165, 1.54) is 25.7 Å². The second-order valence-corrected chi connectivity index (χ2v) is 4.92. The highest BCUT2D eigenvalue weighted by Gasteiger charge is 2.42. The van der Waals surface area contributed by atoms with Crippen molar-refractivity contribution >= 4 is 5.91 Å². The summed E-state index contributed by atoms with van der Waals surface area (Å²) >= 11 is 0. The number of nitrogens with zero attached hydrogens (tertiary/aromatic N) is 2. The average Bonchev–Trinajstić information content (AvgIpc) is 3.14. The van der Waals surface area contributed by atoms with E-state index in [2.05, 4.69) is 20.5 Å². The Balaban J connectivity index is 1.66. The van der Waals surface area contributed by atoms with E-state index in [9.17, 15) is 4.79 Å². The fraction of sp³-hybridized carbons (Fsp3) is 0.727. The molecular weight excluding hydrogens is 204 g/mol. The van der Waals surface area contributed by atoms with Crippen molar-refractivity contribution in [3.05, 3.63) is 11.6 Å². The van der Waals surface area contributed by atoms with Gasteiger partial charge in [-0.15, -0.1) is 5.10 Å². The maximum atomic E-state index is 11.9. The zero-order valence-corrected chi connectivity index (χ0v) is 9.36. The fourth-order valence-electron chi connectivity index (χ4n) is 2.19. The Labute approximate surface area is 94.0 Å². The number of hydrogen-bond acceptors (Lipinski definition) is 3. The lowest BCUT2D eigenvalue weighted by Gasteiger charge is -2.16. The zero-order valence-electron chi connectivity index (χ0n) is 9.36. The molecule has 0 atom stereocenters. The van der Waals surface area contributed by atoms with Gasteiger partial charge in [-0.3, -0.25) is 9.89 Å². The van der Waals surface area contributed by atoms with E-state index in [-0.39, 0.29) is 11.7 Å². The third kappa shape index (κ3) is 1.94. The Hall–Kier alpha value is -1.39. The summed E-state index contributed by atoms with van der Waals surface area (Å²) in [6, 6.07) is 0.367. The van der Waals surface area contributed by atoms with Crippen molar-refractivity contribution in [3.8, 4) is 0 Å².